The van der Waals surface area contributed by atoms with Crippen LogP contribution in [0.2, 0.25) is 5.02 Å². The summed E-state index contributed by atoms with van der Waals surface area (Å²) in [6, 6.07) is 1.93. The Bertz CT molecular complexity index is 455. The second-order valence-corrected chi connectivity index (χ2v) is 4.88. The van der Waals surface area contributed by atoms with Gasteiger partial charge < -0.3 is 15.2 Å². The zero-order chi connectivity index (χ0) is 11.3. The molecule has 1 heterocycles. The number of fused-ring (bicyclic) bond motifs is 1. The smallest absolute Gasteiger partial charge is 0.165 e. The summed E-state index contributed by atoms with van der Waals surface area (Å²) in [6.07, 6.45) is 2.83. The summed E-state index contributed by atoms with van der Waals surface area (Å²) in [7, 11) is 1.64. The molecule has 2 aliphatic rings. The molecule has 0 bridgehead atoms. The highest BCUT2D eigenvalue weighted by Gasteiger charge is 2.43. The van der Waals surface area contributed by atoms with Crippen molar-refractivity contribution in [1.29, 1.82) is 0 Å². The molecule has 3 rings (SSSR count). The lowest BCUT2D eigenvalue weighted by Gasteiger charge is -2.16. The predicted molar refractivity (Wildman–Crippen MR) is 62.3 cm³/mol. The number of ether oxygens (including phenoxy) is 2. The molecule has 1 aromatic rings. The van der Waals surface area contributed by atoms with Gasteiger partial charge in [0.05, 0.1) is 18.7 Å². The molecule has 0 saturated heterocycles. The molecule has 4 heteroatoms. The highest BCUT2D eigenvalue weighted by Crippen LogP contribution is 2.51. The van der Waals surface area contributed by atoms with Gasteiger partial charge in [0, 0.05) is 17.5 Å². The van der Waals surface area contributed by atoms with Crippen LogP contribution in [0.1, 0.15) is 24.0 Å². The van der Waals surface area contributed by atoms with Gasteiger partial charge in [-0.2, -0.15) is 0 Å². The van der Waals surface area contributed by atoms with Crippen LogP contribution in [0, 0.1) is 0 Å². The third kappa shape index (κ3) is 1.31. The number of benzene rings is 1. The second kappa shape index (κ2) is 3.28. The minimum absolute atomic E-state index is 0.234. The number of halogens is 1. The third-order valence-electron chi connectivity index (χ3n) is 3.42. The molecule has 2 N–H and O–H groups in total. The van der Waals surface area contributed by atoms with Gasteiger partial charge in [-0.05, 0) is 24.5 Å². The molecule has 0 aromatic heterocycles. The highest BCUT2D eigenvalue weighted by molar-refractivity contribution is 6.32. The highest BCUT2D eigenvalue weighted by atomic mass is 35.5. The molecule has 0 unspecified atom stereocenters. The van der Waals surface area contributed by atoms with Gasteiger partial charge in [0.2, 0.25) is 0 Å². The minimum atomic E-state index is -0.234. The van der Waals surface area contributed by atoms with E-state index in [0.29, 0.717) is 6.61 Å². The van der Waals surface area contributed by atoms with Gasteiger partial charge >= 0.3 is 0 Å². The number of hydrogen-bond acceptors (Lipinski definition) is 3. The number of nitrogens with two attached hydrogens (primary N) is 1. The summed E-state index contributed by atoms with van der Waals surface area (Å²) in [5, 5.41) is 0.772. The maximum atomic E-state index is 6.39. The van der Waals surface area contributed by atoms with E-state index in [1.54, 1.807) is 7.11 Å². The first-order valence-electron chi connectivity index (χ1n) is 5.47. The fourth-order valence-corrected chi connectivity index (χ4v) is 2.65. The summed E-state index contributed by atoms with van der Waals surface area (Å²) in [4.78, 5) is 0. The lowest BCUT2D eigenvalue weighted by molar-refractivity contribution is 0.326. The summed E-state index contributed by atoms with van der Waals surface area (Å²) < 4.78 is 10.9. The van der Waals surface area contributed by atoms with E-state index in [2.05, 4.69) is 0 Å². The molecule has 1 aliphatic heterocycles. The van der Waals surface area contributed by atoms with Gasteiger partial charge in [0.25, 0.3) is 0 Å². The molecular formula is C12H14ClNO2. The predicted octanol–water partition coefficient (Wildman–Crippen LogP) is 2.23. The van der Waals surface area contributed by atoms with Crippen molar-refractivity contribution < 1.29 is 9.47 Å². The van der Waals surface area contributed by atoms with E-state index in [9.17, 15) is 0 Å². The minimum Gasteiger partial charge on any atom is -0.493 e. The molecule has 0 atom stereocenters. The number of methoxy groups -OCH3 is 1. The zero-order valence-electron chi connectivity index (χ0n) is 9.18. The molecular weight excluding hydrogens is 226 g/mol. The Labute approximate surface area is 99.5 Å². The van der Waals surface area contributed by atoms with Crippen LogP contribution in [-0.2, 0) is 12.0 Å². The van der Waals surface area contributed by atoms with Crippen molar-refractivity contribution in [2.75, 3.05) is 13.7 Å². The van der Waals surface area contributed by atoms with E-state index in [4.69, 9.17) is 26.8 Å². The lowest BCUT2D eigenvalue weighted by atomic mass is 10.0. The Morgan fingerprint density at radius 1 is 1.50 bits per heavy atom. The van der Waals surface area contributed by atoms with Gasteiger partial charge in [-0.25, -0.2) is 0 Å². The van der Waals surface area contributed by atoms with Crippen LogP contribution in [0.15, 0.2) is 6.07 Å². The molecule has 1 saturated carbocycles. The van der Waals surface area contributed by atoms with Crippen LogP contribution < -0.4 is 15.2 Å². The Hall–Kier alpha value is -0.930. The maximum Gasteiger partial charge on any atom is 0.165 e. The first-order valence-corrected chi connectivity index (χ1v) is 5.85. The standard InChI is InChI=1S/C12H14ClNO2/c1-15-9-6-8(12(14)3-4-12)10(13)7-2-5-16-11(7)9/h6H,2-5,14H2,1H3. The van der Waals surface area contributed by atoms with Crippen molar-refractivity contribution in [2.45, 2.75) is 24.8 Å². The lowest BCUT2D eigenvalue weighted by Crippen LogP contribution is -2.19. The van der Waals surface area contributed by atoms with Crippen LogP contribution in [0.3, 0.4) is 0 Å². The van der Waals surface area contributed by atoms with E-state index in [1.165, 1.54) is 0 Å². The van der Waals surface area contributed by atoms with Crippen molar-refractivity contribution >= 4 is 11.6 Å². The maximum absolute atomic E-state index is 6.39. The van der Waals surface area contributed by atoms with E-state index in [1.807, 2.05) is 6.07 Å². The van der Waals surface area contributed by atoms with Crippen LogP contribution >= 0.6 is 11.6 Å². The molecule has 1 aromatic carbocycles. The van der Waals surface area contributed by atoms with Gasteiger partial charge in [0.15, 0.2) is 11.5 Å². The molecule has 1 aliphatic carbocycles. The van der Waals surface area contributed by atoms with Crippen LogP contribution in [-0.4, -0.2) is 13.7 Å². The molecule has 0 spiro atoms. The molecule has 86 valence electrons. The first-order chi connectivity index (χ1) is 7.65. The third-order valence-corrected chi connectivity index (χ3v) is 3.85. The first kappa shape index (κ1) is 10.2. The van der Waals surface area contributed by atoms with E-state index >= 15 is 0 Å². The molecule has 0 radical (unpaired) electrons. The van der Waals surface area contributed by atoms with Crippen LogP contribution in [0.25, 0.3) is 0 Å². The number of hydrogen-bond donors (Lipinski definition) is 1. The largest absolute Gasteiger partial charge is 0.493 e. The van der Waals surface area contributed by atoms with Crippen molar-refractivity contribution in [3.05, 3.63) is 22.2 Å². The summed E-state index contributed by atoms with van der Waals surface area (Å²) in [6.45, 7) is 0.673. The van der Waals surface area contributed by atoms with Crippen LogP contribution in [0.5, 0.6) is 11.5 Å². The summed E-state index contributed by atoms with van der Waals surface area (Å²) in [5.74, 6) is 1.55. The van der Waals surface area contributed by atoms with Gasteiger partial charge in [0.1, 0.15) is 0 Å². The van der Waals surface area contributed by atoms with Crippen molar-refractivity contribution in [2.24, 2.45) is 5.73 Å². The Morgan fingerprint density at radius 3 is 2.88 bits per heavy atom. The van der Waals surface area contributed by atoms with Crippen molar-refractivity contribution in [3.63, 3.8) is 0 Å². The zero-order valence-corrected chi connectivity index (χ0v) is 9.93. The topological polar surface area (TPSA) is 44.5 Å². The molecule has 1 fully saturated rings. The SMILES string of the molecule is COc1cc(C2(N)CC2)c(Cl)c2c1OCC2. The number of rotatable bonds is 2. The fraction of sp³-hybridized carbons (Fsp3) is 0.500. The van der Waals surface area contributed by atoms with E-state index < -0.39 is 0 Å². The molecule has 16 heavy (non-hydrogen) atoms. The Kier molecular flexibility index (Phi) is 2.10. The fourth-order valence-electron chi connectivity index (χ4n) is 2.23. The normalized spacial score (nSPS) is 20.2. The Balaban J connectivity index is 2.20. The van der Waals surface area contributed by atoms with Crippen molar-refractivity contribution in [3.8, 4) is 11.5 Å². The van der Waals surface area contributed by atoms with E-state index in [0.717, 1.165) is 46.9 Å². The van der Waals surface area contributed by atoms with Gasteiger partial charge in [-0.15, -0.1) is 0 Å². The average Bonchev–Trinajstić information content (AvgIpc) is 2.82. The quantitative estimate of drug-likeness (QED) is 0.861. The molecule has 3 nitrogen and oxygen atoms in total. The average molecular weight is 240 g/mol. The monoisotopic (exact) mass is 239 g/mol. The molecule has 0 amide bonds. The summed E-state index contributed by atoms with van der Waals surface area (Å²) in [5.41, 5.74) is 8.03. The van der Waals surface area contributed by atoms with Crippen LogP contribution in [0.4, 0.5) is 0 Å². The Morgan fingerprint density at radius 2 is 2.25 bits per heavy atom. The van der Waals surface area contributed by atoms with Crippen molar-refractivity contribution in [1.82, 2.24) is 0 Å². The second-order valence-electron chi connectivity index (χ2n) is 4.50. The van der Waals surface area contributed by atoms with Gasteiger partial charge in [-0.3, -0.25) is 0 Å². The van der Waals surface area contributed by atoms with Gasteiger partial charge in [-0.1, -0.05) is 11.6 Å². The van der Waals surface area contributed by atoms with E-state index in [-0.39, 0.29) is 5.54 Å². The summed E-state index contributed by atoms with van der Waals surface area (Å²) >= 11 is 6.39.